The van der Waals surface area contributed by atoms with Crippen LogP contribution < -0.4 is 5.32 Å². The number of halogens is 1. The summed E-state index contributed by atoms with van der Waals surface area (Å²) in [7, 11) is -3.15. The number of hydrogen-bond acceptors (Lipinski definition) is 4. The van der Waals surface area contributed by atoms with Gasteiger partial charge in [-0.05, 0) is 51.6 Å². The molecule has 3 nitrogen and oxygen atoms in total. The lowest BCUT2D eigenvalue weighted by Gasteiger charge is -2.18. The van der Waals surface area contributed by atoms with E-state index in [2.05, 4.69) is 28.2 Å². The van der Waals surface area contributed by atoms with E-state index in [4.69, 9.17) is 0 Å². The van der Waals surface area contributed by atoms with Gasteiger partial charge in [-0.1, -0.05) is 19.1 Å². The Balaban J connectivity index is 2.38. The lowest BCUT2D eigenvalue weighted by molar-refractivity contribution is 0.601. The van der Waals surface area contributed by atoms with Crippen molar-refractivity contribution in [1.29, 1.82) is 0 Å². The summed E-state index contributed by atoms with van der Waals surface area (Å²) in [5.41, 5.74) is 1.06. The van der Waals surface area contributed by atoms with E-state index in [1.807, 2.05) is 23.6 Å². The van der Waals surface area contributed by atoms with Gasteiger partial charge in [0.15, 0.2) is 9.84 Å². The molecule has 0 fully saturated rings. The van der Waals surface area contributed by atoms with E-state index < -0.39 is 9.84 Å². The zero-order chi connectivity index (χ0) is 14.8. The Morgan fingerprint density at radius 3 is 2.35 bits per heavy atom. The Morgan fingerprint density at radius 1 is 1.25 bits per heavy atom. The molecule has 1 N–H and O–H groups in total. The highest BCUT2D eigenvalue weighted by Crippen LogP contribution is 2.33. The van der Waals surface area contributed by atoms with Gasteiger partial charge in [-0.25, -0.2) is 8.42 Å². The van der Waals surface area contributed by atoms with Gasteiger partial charge in [-0.2, -0.15) is 0 Å². The van der Waals surface area contributed by atoms with Crippen molar-refractivity contribution in [3.05, 3.63) is 50.6 Å². The summed E-state index contributed by atoms with van der Waals surface area (Å²) in [5.74, 6) is 0. The number of hydrogen-bond donors (Lipinski definition) is 1. The van der Waals surface area contributed by atoms with E-state index in [1.165, 1.54) is 11.1 Å². The minimum absolute atomic E-state index is 0.0722. The molecule has 108 valence electrons. The number of thiophene rings is 1. The molecule has 0 saturated heterocycles. The molecule has 0 aliphatic heterocycles. The Morgan fingerprint density at radius 2 is 1.90 bits per heavy atom. The molecule has 1 atom stereocenters. The highest BCUT2D eigenvalue weighted by Gasteiger charge is 2.18. The minimum atomic E-state index is -3.15. The maximum atomic E-state index is 11.5. The van der Waals surface area contributed by atoms with Crippen LogP contribution in [-0.4, -0.2) is 21.2 Å². The Labute approximate surface area is 132 Å². The summed E-state index contributed by atoms with van der Waals surface area (Å²) in [6.45, 7) is 2.89. The third-order valence-corrected chi connectivity index (χ3v) is 6.02. The maximum Gasteiger partial charge on any atom is 0.175 e. The quantitative estimate of drug-likeness (QED) is 0.870. The molecule has 0 aliphatic rings. The molecule has 1 heterocycles. The summed E-state index contributed by atoms with van der Waals surface area (Å²) in [4.78, 5) is 1.54. The molecule has 0 amide bonds. The topological polar surface area (TPSA) is 46.2 Å². The molecule has 1 unspecified atom stereocenters. The van der Waals surface area contributed by atoms with E-state index >= 15 is 0 Å². The van der Waals surface area contributed by atoms with E-state index in [-0.39, 0.29) is 6.04 Å². The lowest BCUT2D eigenvalue weighted by atomic mass is 10.1. The zero-order valence-electron chi connectivity index (χ0n) is 11.3. The van der Waals surface area contributed by atoms with Crippen LogP contribution in [0, 0.1) is 0 Å². The second-order valence-corrected chi connectivity index (χ2v) is 8.28. The van der Waals surface area contributed by atoms with Crippen molar-refractivity contribution in [2.45, 2.75) is 17.9 Å². The second-order valence-electron chi connectivity index (χ2n) is 4.46. The van der Waals surface area contributed by atoms with Gasteiger partial charge in [-0.3, -0.25) is 0 Å². The molecule has 2 rings (SSSR count). The van der Waals surface area contributed by atoms with Crippen LogP contribution in [0.5, 0.6) is 0 Å². The zero-order valence-corrected chi connectivity index (χ0v) is 14.5. The largest absolute Gasteiger partial charge is 0.306 e. The Bertz CT molecular complexity index is 677. The molecule has 0 aliphatic carbocycles. The highest BCUT2D eigenvalue weighted by molar-refractivity contribution is 9.10. The van der Waals surface area contributed by atoms with Crippen LogP contribution in [0.4, 0.5) is 0 Å². The first-order chi connectivity index (χ1) is 9.43. The van der Waals surface area contributed by atoms with Crippen molar-refractivity contribution >= 4 is 37.1 Å². The summed E-state index contributed by atoms with van der Waals surface area (Å²) in [6.07, 6.45) is 1.22. The average Bonchev–Trinajstić information content (AvgIpc) is 2.81. The van der Waals surface area contributed by atoms with Gasteiger partial charge in [-0.15, -0.1) is 11.3 Å². The van der Waals surface area contributed by atoms with E-state index in [0.717, 1.165) is 16.6 Å². The number of rotatable bonds is 5. The van der Waals surface area contributed by atoms with Gasteiger partial charge in [0.1, 0.15) is 0 Å². The molecule has 1 aromatic heterocycles. The summed E-state index contributed by atoms with van der Waals surface area (Å²) in [6, 6.07) is 9.16. The lowest BCUT2D eigenvalue weighted by Crippen LogP contribution is -2.21. The fourth-order valence-corrected chi connectivity index (χ4v) is 4.32. The summed E-state index contributed by atoms with van der Waals surface area (Å²) >= 11 is 5.23. The monoisotopic (exact) mass is 373 g/mol. The van der Waals surface area contributed by atoms with Gasteiger partial charge in [0.25, 0.3) is 0 Å². The van der Waals surface area contributed by atoms with E-state index in [0.29, 0.717) is 4.90 Å². The summed E-state index contributed by atoms with van der Waals surface area (Å²) in [5, 5.41) is 5.47. The van der Waals surface area contributed by atoms with Crippen LogP contribution in [-0.2, 0) is 9.84 Å². The van der Waals surface area contributed by atoms with Gasteiger partial charge in [0, 0.05) is 15.6 Å². The fraction of sp³-hybridized carbons (Fsp3) is 0.286. The van der Waals surface area contributed by atoms with E-state index in [9.17, 15) is 8.42 Å². The van der Waals surface area contributed by atoms with Crippen LogP contribution in [0.2, 0.25) is 0 Å². The first-order valence-electron chi connectivity index (χ1n) is 6.19. The van der Waals surface area contributed by atoms with Crippen molar-refractivity contribution in [2.24, 2.45) is 0 Å². The average molecular weight is 374 g/mol. The predicted molar refractivity (Wildman–Crippen MR) is 87.1 cm³/mol. The maximum absolute atomic E-state index is 11.5. The molecule has 0 spiro atoms. The van der Waals surface area contributed by atoms with Gasteiger partial charge < -0.3 is 5.32 Å². The minimum Gasteiger partial charge on any atom is -0.306 e. The first kappa shape index (κ1) is 15.7. The van der Waals surface area contributed by atoms with Crippen LogP contribution in [0.25, 0.3) is 0 Å². The molecule has 1 aromatic carbocycles. The van der Waals surface area contributed by atoms with Crippen molar-refractivity contribution < 1.29 is 8.42 Å². The third kappa shape index (κ3) is 3.49. The van der Waals surface area contributed by atoms with Crippen molar-refractivity contribution in [3.8, 4) is 0 Å². The first-order valence-corrected chi connectivity index (χ1v) is 9.76. The SMILES string of the molecule is CCNC(c1ccc(S(C)(=O)=O)cc1)c1sccc1Br. The number of nitrogens with one attached hydrogen (secondary N) is 1. The number of benzene rings is 1. The molecular weight excluding hydrogens is 358 g/mol. The molecular formula is C14H16BrNO2S2. The third-order valence-electron chi connectivity index (χ3n) is 2.96. The predicted octanol–water partition coefficient (Wildman–Crippen LogP) is 3.61. The fourth-order valence-electron chi connectivity index (χ4n) is 1.98. The van der Waals surface area contributed by atoms with Gasteiger partial charge >= 0.3 is 0 Å². The van der Waals surface area contributed by atoms with E-state index in [1.54, 1.807) is 23.5 Å². The van der Waals surface area contributed by atoms with Gasteiger partial charge in [0.05, 0.1) is 10.9 Å². The molecule has 6 heteroatoms. The van der Waals surface area contributed by atoms with Crippen LogP contribution in [0.1, 0.15) is 23.4 Å². The standard InChI is InChI=1S/C14H16BrNO2S2/c1-3-16-13(14-12(15)8-9-19-14)10-4-6-11(7-5-10)20(2,17)18/h4-9,13,16H,3H2,1-2H3. The molecule has 2 aromatic rings. The Kier molecular flexibility index (Phi) is 5.01. The molecule has 0 saturated carbocycles. The van der Waals surface area contributed by atoms with Gasteiger partial charge in [0.2, 0.25) is 0 Å². The van der Waals surface area contributed by atoms with Crippen molar-refractivity contribution in [2.75, 3.05) is 12.8 Å². The van der Waals surface area contributed by atoms with Crippen molar-refractivity contribution in [3.63, 3.8) is 0 Å². The molecule has 0 bridgehead atoms. The smallest absolute Gasteiger partial charge is 0.175 e. The highest BCUT2D eigenvalue weighted by atomic mass is 79.9. The second kappa shape index (κ2) is 6.39. The van der Waals surface area contributed by atoms with Crippen LogP contribution >= 0.6 is 27.3 Å². The normalized spacial score (nSPS) is 13.3. The number of sulfone groups is 1. The van der Waals surface area contributed by atoms with Crippen LogP contribution in [0.3, 0.4) is 0 Å². The van der Waals surface area contributed by atoms with Crippen LogP contribution in [0.15, 0.2) is 45.1 Å². The van der Waals surface area contributed by atoms with Crippen molar-refractivity contribution in [1.82, 2.24) is 5.32 Å². The molecule has 0 radical (unpaired) electrons. The summed E-state index contributed by atoms with van der Waals surface area (Å²) < 4.78 is 24.1. The Hall–Kier alpha value is -0.690. The molecule has 20 heavy (non-hydrogen) atoms.